The number of benzene rings is 2. The van der Waals surface area contributed by atoms with Gasteiger partial charge in [0.2, 0.25) is 0 Å². The Morgan fingerprint density at radius 2 is 1.72 bits per heavy atom. The third kappa shape index (κ3) is 3.42. The molecule has 0 saturated carbocycles. The highest BCUT2D eigenvalue weighted by Crippen LogP contribution is 2.45. The van der Waals surface area contributed by atoms with Crippen LogP contribution in [0.1, 0.15) is 42.7 Å². The number of carbonyl (C=O) groups excluding carboxylic acids is 1. The summed E-state index contributed by atoms with van der Waals surface area (Å²) < 4.78 is 18.7. The molecule has 1 aliphatic heterocycles. The molecule has 0 saturated heterocycles. The number of Topliss-reactive ketones (excluding diaryl/α,β-unsaturated/α-hetero) is 1. The summed E-state index contributed by atoms with van der Waals surface area (Å²) in [6, 6.07) is 16.1. The quantitative estimate of drug-likeness (QED) is 0.826. The lowest BCUT2D eigenvalue weighted by atomic mass is 9.72. The van der Waals surface area contributed by atoms with E-state index in [-0.39, 0.29) is 17.5 Å². The second-order valence-corrected chi connectivity index (χ2v) is 7.45. The molecule has 0 bridgehead atoms. The van der Waals surface area contributed by atoms with E-state index in [4.69, 9.17) is 4.74 Å². The Balaban J connectivity index is 1.74. The molecule has 1 heterocycles. The lowest BCUT2D eigenvalue weighted by Gasteiger charge is -2.35. The third-order valence-corrected chi connectivity index (χ3v) is 5.74. The fourth-order valence-corrected chi connectivity index (χ4v) is 4.29. The van der Waals surface area contributed by atoms with Crippen LogP contribution in [0.3, 0.4) is 0 Å². The molecular weight excluding hydrogens is 367 g/mol. The lowest BCUT2D eigenvalue weighted by Crippen LogP contribution is -2.33. The van der Waals surface area contributed by atoms with Crippen LogP contribution >= 0.6 is 0 Å². The summed E-state index contributed by atoms with van der Waals surface area (Å²) >= 11 is 0. The summed E-state index contributed by atoms with van der Waals surface area (Å²) in [7, 11) is 1.62. The van der Waals surface area contributed by atoms with Gasteiger partial charge in [-0.3, -0.25) is 4.79 Å². The molecule has 2 aromatic rings. The minimum atomic E-state index is -0.457. The zero-order valence-electron chi connectivity index (χ0n) is 16.3. The van der Waals surface area contributed by atoms with Gasteiger partial charge in [-0.05, 0) is 54.7 Å². The zero-order valence-corrected chi connectivity index (χ0v) is 16.3. The van der Waals surface area contributed by atoms with E-state index in [9.17, 15) is 14.4 Å². The number of nitrogens with zero attached hydrogens (tertiary/aromatic N) is 1. The predicted octanol–water partition coefficient (Wildman–Crippen LogP) is 4.72. The number of dihydropyridines is 1. The smallest absolute Gasteiger partial charge is 0.162 e. The molecule has 0 radical (unpaired) electrons. The fraction of sp³-hybridized carbons (Fsp3) is 0.250. The van der Waals surface area contributed by atoms with Gasteiger partial charge < -0.3 is 10.1 Å². The van der Waals surface area contributed by atoms with Crippen LogP contribution in [0.25, 0.3) is 0 Å². The molecule has 0 aromatic heterocycles. The van der Waals surface area contributed by atoms with Gasteiger partial charge in [0.05, 0.1) is 24.7 Å². The topological polar surface area (TPSA) is 62.1 Å². The van der Waals surface area contributed by atoms with E-state index >= 15 is 0 Å². The molecular formula is C24H21FN2O2. The van der Waals surface area contributed by atoms with Crippen molar-refractivity contribution in [2.24, 2.45) is 0 Å². The number of hydrogen-bond acceptors (Lipinski definition) is 4. The van der Waals surface area contributed by atoms with E-state index in [1.54, 1.807) is 19.2 Å². The Kier molecular flexibility index (Phi) is 4.94. The molecule has 4 nitrogen and oxygen atoms in total. The number of hydrogen-bond donors (Lipinski definition) is 1. The molecule has 0 fully saturated rings. The first-order valence-electron chi connectivity index (χ1n) is 9.55. The number of nitrogens with one attached hydrogen (secondary N) is 1. The van der Waals surface area contributed by atoms with Crippen molar-refractivity contribution in [3.63, 3.8) is 0 Å². The zero-order chi connectivity index (χ0) is 20.5. The molecule has 2 aromatic carbocycles. The van der Waals surface area contributed by atoms with Crippen LogP contribution in [-0.4, -0.2) is 12.9 Å². The number of ketones is 1. The van der Waals surface area contributed by atoms with Crippen molar-refractivity contribution in [3.05, 3.63) is 88.0 Å². The van der Waals surface area contributed by atoms with Crippen LogP contribution in [0.5, 0.6) is 5.75 Å². The standard InChI is InChI=1S/C24H21FN2O2/c1-14-20(13-26)23(16-3-7-18(25)8-4-16)24-21(27-14)11-17(12-22(24)28)15-5-9-19(29-2)10-6-15/h3-10,17,23,27H,11-12H2,1-2H3. The minimum absolute atomic E-state index is 0.0224. The van der Waals surface area contributed by atoms with Crippen molar-refractivity contribution in [2.75, 3.05) is 7.11 Å². The minimum Gasteiger partial charge on any atom is -0.497 e. The van der Waals surface area contributed by atoms with E-state index in [1.807, 2.05) is 31.2 Å². The number of methoxy groups -OCH3 is 1. The molecule has 0 amide bonds. The Bertz CT molecular complexity index is 1060. The van der Waals surface area contributed by atoms with Crippen molar-refractivity contribution >= 4 is 5.78 Å². The van der Waals surface area contributed by atoms with Gasteiger partial charge in [0.1, 0.15) is 11.6 Å². The fourth-order valence-electron chi connectivity index (χ4n) is 4.29. The summed E-state index contributed by atoms with van der Waals surface area (Å²) in [5.74, 6) is 0.0614. The maximum absolute atomic E-state index is 13.4. The lowest BCUT2D eigenvalue weighted by molar-refractivity contribution is -0.116. The molecule has 2 aliphatic rings. The maximum atomic E-state index is 13.4. The van der Waals surface area contributed by atoms with E-state index in [0.29, 0.717) is 24.0 Å². The predicted molar refractivity (Wildman–Crippen MR) is 108 cm³/mol. The van der Waals surface area contributed by atoms with E-state index in [0.717, 1.165) is 28.3 Å². The summed E-state index contributed by atoms with van der Waals surface area (Å²) in [5.41, 5.74) is 4.57. The van der Waals surface area contributed by atoms with Crippen LogP contribution in [0.15, 0.2) is 71.1 Å². The number of rotatable bonds is 3. The van der Waals surface area contributed by atoms with Gasteiger partial charge in [0, 0.05) is 23.4 Å². The molecule has 2 unspecified atom stereocenters. The van der Waals surface area contributed by atoms with Crippen LogP contribution < -0.4 is 10.1 Å². The molecule has 2 atom stereocenters. The first-order valence-corrected chi connectivity index (χ1v) is 9.55. The molecule has 29 heavy (non-hydrogen) atoms. The number of halogens is 1. The Morgan fingerprint density at radius 3 is 2.34 bits per heavy atom. The van der Waals surface area contributed by atoms with Crippen molar-refractivity contribution < 1.29 is 13.9 Å². The summed E-state index contributed by atoms with van der Waals surface area (Å²) in [4.78, 5) is 13.2. The first kappa shape index (κ1) is 18.9. The van der Waals surface area contributed by atoms with Crippen LogP contribution in [0, 0.1) is 17.1 Å². The number of allylic oxidation sites excluding steroid dienone is 4. The summed E-state index contributed by atoms with van der Waals surface area (Å²) in [6.45, 7) is 1.85. The first-order chi connectivity index (χ1) is 14.0. The summed E-state index contributed by atoms with van der Waals surface area (Å²) in [6.07, 6.45) is 1.06. The van der Waals surface area contributed by atoms with Crippen molar-refractivity contribution in [3.8, 4) is 11.8 Å². The van der Waals surface area contributed by atoms with Gasteiger partial charge in [-0.25, -0.2) is 4.39 Å². The van der Waals surface area contributed by atoms with Gasteiger partial charge >= 0.3 is 0 Å². The second-order valence-electron chi connectivity index (χ2n) is 7.45. The molecule has 4 rings (SSSR count). The summed E-state index contributed by atoms with van der Waals surface area (Å²) in [5, 5.41) is 13.0. The molecule has 1 aliphatic carbocycles. The van der Waals surface area contributed by atoms with Crippen molar-refractivity contribution in [1.82, 2.24) is 5.32 Å². The van der Waals surface area contributed by atoms with Gasteiger partial charge in [0.25, 0.3) is 0 Å². The number of nitriles is 1. The van der Waals surface area contributed by atoms with Crippen molar-refractivity contribution in [1.29, 1.82) is 5.26 Å². The number of ether oxygens (including phenoxy) is 1. The van der Waals surface area contributed by atoms with E-state index in [1.165, 1.54) is 12.1 Å². The van der Waals surface area contributed by atoms with Crippen molar-refractivity contribution in [2.45, 2.75) is 31.6 Å². The highest BCUT2D eigenvalue weighted by Gasteiger charge is 2.38. The van der Waals surface area contributed by atoms with Gasteiger partial charge in [-0.2, -0.15) is 5.26 Å². The average molecular weight is 388 g/mol. The molecule has 5 heteroatoms. The largest absolute Gasteiger partial charge is 0.497 e. The van der Waals surface area contributed by atoms with Crippen LogP contribution in [0.2, 0.25) is 0 Å². The highest BCUT2D eigenvalue weighted by molar-refractivity contribution is 6.00. The van der Waals surface area contributed by atoms with E-state index in [2.05, 4.69) is 11.4 Å². The van der Waals surface area contributed by atoms with Crippen LogP contribution in [-0.2, 0) is 4.79 Å². The Morgan fingerprint density at radius 1 is 1.07 bits per heavy atom. The Hall–Kier alpha value is -3.39. The normalized spacial score (nSPS) is 21.4. The average Bonchev–Trinajstić information content (AvgIpc) is 2.73. The van der Waals surface area contributed by atoms with Gasteiger partial charge in [-0.1, -0.05) is 24.3 Å². The van der Waals surface area contributed by atoms with Gasteiger partial charge in [0.15, 0.2) is 5.78 Å². The third-order valence-electron chi connectivity index (χ3n) is 5.74. The maximum Gasteiger partial charge on any atom is 0.162 e. The molecule has 1 N–H and O–H groups in total. The molecule has 0 spiro atoms. The highest BCUT2D eigenvalue weighted by atomic mass is 19.1. The SMILES string of the molecule is COc1ccc(C2CC(=O)C3=C(C2)NC(C)=C(C#N)C3c2ccc(F)cc2)cc1. The molecule has 146 valence electrons. The van der Waals surface area contributed by atoms with Crippen LogP contribution in [0.4, 0.5) is 4.39 Å². The Labute approximate surface area is 169 Å². The van der Waals surface area contributed by atoms with E-state index < -0.39 is 5.92 Å². The second kappa shape index (κ2) is 7.56. The number of carbonyl (C=O) groups is 1. The van der Waals surface area contributed by atoms with Gasteiger partial charge in [-0.15, -0.1) is 0 Å². The monoisotopic (exact) mass is 388 g/mol.